The molecule has 0 aromatic heterocycles. The number of benzene rings is 1. The highest BCUT2D eigenvalue weighted by Crippen LogP contribution is 2.54. The minimum atomic E-state index is -4.68. The zero-order valence-electron chi connectivity index (χ0n) is 20.6. The summed E-state index contributed by atoms with van der Waals surface area (Å²) in [5, 5.41) is 13.4. The quantitative estimate of drug-likeness (QED) is 0.469. The van der Waals surface area contributed by atoms with Crippen LogP contribution in [-0.2, 0) is 19.1 Å². The number of ether oxygens (including phenoxy) is 3. The Labute approximate surface area is 216 Å². The van der Waals surface area contributed by atoms with E-state index in [0.717, 1.165) is 12.1 Å². The maximum absolute atomic E-state index is 13.7. The highest BCUT2D eigenvalue weighted by Gasteiger charge is 2.51. The number of amides is 1. The lowest BCUT2D eigenvalue weighted by Crippen LogP contribution is -2.58. The van der Waals surface area contributed by atoms with Gasteiger partial charge in [-0.05, 0) is 50.0 Å². The Hall–Kier alpha value is -2.31. The molecule has 210 valence electrons. The number of alkyl halides is 3. The van der Waals surface area contributed by atoms with Crippen molar-refractivity contribution >= 4 is 11.7 Å². The molecule has 12 heteroatoms. The molecule has 0 unspecified atom stereocenters. The lowest BCUT2D eigenvalue weighted by atomic mass is 9.55. The number of hydrogen-bond acceptors (Lipinski definition) is 6. The number of halogens is 5. The molecule has 0 saturated heterocycles. The summed E-state index contributed by atoms with van der Waals surface area (Å²) in [7, 11) is 0. The van der Waals surface area contributed by atoms with Gasteiger partial charge in [0, 0.05) is 42.9 Å². The predicted octanol–water partition coefficient (Wildman–Crippen LogP) is 4.40. The van der Waals surface area contributed by atoms with Crippen LogP contribution in [0.3, 0.4) is 0 Å². The number of nitrogens with one attached hydrogen (secondary N) is 1. The van der Waals surface area contributed by atoms with Crippen molar-refractivity contribution in [1.82, 2.24) is 5.32 Å². The van der Waals surface area contributed by atoms with Crippen LogP contribution in [0, 0.1) is 17.0 Å². The van der Waals surface area contributed by atoms with Gasteiger partial charge < -0.3 is 19.9 Å². The summed E-state index contributed by atoms with van der Waals surface area (Å²) in [4.78, 5) is 25.6. The number of aliphatic hydroxyl groups is 1. The van der Waals surface area contributed by atoms with Crippen LogP contribution in [0.25, 0.3) is 0 Å². The molecule has 1 aliphatic heterocycles. The molecule has 4 aliphatic carbocycles. The summed E-state index contributed by atoms with van der Waals surface area (Å²) >= 11 is 0. The Morgan fingerprint density at radius 2 is 1.63 bits per heavy atom. The number of Topliss-reactive ketones (excluding diaryl/α,β-unsaturated/α-hetero) is 1. The molecule has 7 nitrogen and oxygen atoms in total. The summed E-state index contributed by atoms with van der Waals surface area (Å²) in [5.74, 6) is -2.74. The van der Waals surface area contributed by atoms with Crippen molar-refractivity contribution in [2.75, 3.05) is 6.61 Å². The molecule has 5 aliphatic rings. The molecular formula is C26H30F5NO6. The SMILES string of the molecule is O=C(COC1CC(OC(F)(F)F)C1)NC12CCC(CC(=O)[C@H]3C[C@@H](O)c4cc(F)c(F)cc4O3)(CC1)CC2. The summed E-state index contributed by atoms with van der Waals surface area (Å²) in [5.41, 5.74) is -0.523. The molecular weight excluding hydrogens is 517 g/mol. The molecule has 38 heavy (non-hydrogen) atoms. The highest BCUT2D eigenvalue weighted by atomic mass is 19.4. The van der Waals surface area contributed by atoms with Crippen molar-refractivity contribution in [2.24, 2.45) is 5.41 Å². The van der Waals surface area contributed by atoms with E-state index < -0.39 is 48.0 Å². The molecule has 2 atom stereocenters. The maximum Gasteiger partial charge on any atom is 0.522 e. The van der Waals surface area contributed by atoms with Crippen LogP contribution in [0.15, 0.2) is 12.1 Å². The van der Waals surface area contributed by atoms with Crippen LogP contribution >= 0.6 is 0 Å². The lowest BCUT2D eigenvalue weighted by Gasteiger charge is -2.54. The predicted molar refractivity (Wildman–Crippen MR) is 121 cm³/mol. The zero-order valence-corrected chi connectivity index (χ0v) is 20.6. The van der Waals surface area contributed by atoms with Gasteiger partial charge in [-0.15, -0.1) is 13.2 Å². The summed E-state index contributed by atoms with van der Waals surface area (Å²) in [6.45, 7) is -0.234. The highest BCUT2D eigenvalue weighted by molar-refractivity contribution is 5.84. The fourth-order valence-corrected chi connectivity index (χ4v) is 6.30. The zero-order chi connectivity index (χ0) is 27.3. The number of carbonyl (C=O) groups is 2. The van der Waals surface area contributed by atoms with Gasteiger partial charge in [-0.25, -0.2) is 8.78 Å². The minimum Gasteiger partial charge on any atom is -0.482 e. The van der Waals surface area contributed by atoms with Crippen molar-refractivity contribution < 1.29 is 50.9 Å². The van der Waals surface area contributed by atoms with E-state index in [1.165, 1.54) is 0 Å². The van der Waals surface area contributed by atoms with Crippen molar-refractivity contribution in [2.45, 2.75) is 101 Å². The molecule has 1 heterocycles. The van der Waals surface area contributed by atoms with Crippen LogP contribution in [-0.4, -0.2) is 53.6 Å². The normalized spacial score (nSPS) is 34.2. The van der Waals surface area contributed by atoms with E-state index in [2.05, 4.69) is 10.1 Å². The van der Waals surface area contributed by atoms with Crippen LogP contribution < -0.4 is 10.1 Å². The van der Waals surface area contributed by atoms with Crippen molar-refractivity contribution in [3.63, 3.8) is 0 Å². The molecule has 1 aromatic rings. The topological polar surface area (TPSA) is 94.1 Å². The van der Waals surface area contributed by atoms with Crippen LogP contribution in [0.2, 0.25) is 0 Å². The van der Waals surface area contributed by atoms with E-state index in [9.17, 15) is 36.6 Å². The van der Waals surface area contributed by atoms with Gasteiger partial charge >= 0.3 is 6.36 Å². The molecule has 6 rings (SSSR count). The second-order valence-corrected chi connectivity index (χ2v) is 11.2. The minimum absolute atomic E-state index is 0.0277. The monoisotopic (exact) mass is 547 g/mol. The molecule has 4 fully saturated rings. The van der Waals surface area contributed by atoms with E-state index in [-0.39, 0.29) is 60.7 Å². The van der Waals surface area contributed by atoms with Crippen LogP contribution in [0.4, 0.5) is 22.0 Å². The maximum atomic E-state index is 13.7. The molecule has 2 bridgehead atoms. The molecule has 0 spiro atoms. The van der Waals surface area contributed by atoms with Crippen molar-refractivity contribution in [3.8, 4) is 5.75 Å². The third-order valence-corrected chi connectivity index (χ3v) is 8.63. The second-order valence-electron chi connectivity index (χ2n) is 11.2. The Bertz CT molecular complexity index is 1060. The summed E-state index contributed by atoms with van der Waals surface area (Å²) in [6, 6.07) is 1.74. The molecule has 1 aromatic carbocycles. The van der Waals surface area contributed by atoms with Gasteiger partial charge in [0.15, 0.2) is 23.5 Å². The third-order valence-electron chi connectivity index (χ3n) is 8.63. The first kappa shape index (κ1) is 27.3. The van der Waals surface area contributed by atoms with Gasteiger partial charge in [-0.2, -0.15) is 0 Å². The molecule has 0 radical (unpaired) electrons. The van der Waals surface area contributed by atoms with Crippen molar-refractivity contribution in [3.05, 3.63) is 29.3 Å². The Morgan fingerprint density at radius 3 is 2.26 bits per heavy atom. The Balaban J connectivity index is 1.08. The summed E-state index contributed by atoms with van der Waals surface area (Å²) < 4.78 is 78.8. The largest absolute Gasteiger partial charge is 0.522 e. The third kappa shape index (κ3) is 5.81. The first-order valence-electron chi connectivity index (χ1n) is 12.9. The first-order valence-corrected chi connectivity index (χ1v) is 12.9. The second kappa shape index (κ2) is 10.0. The fourth-order valence-electron chi connectivity index (χ4n) is 6.30. The van der Waals surface area contributed by atoms with Gasteiger partial charge in [0.05, 0.1) is 18.3 Å². The number of hydrogen-bond donors (Lipinski definition) is 2. The van der Waals surface area contributed by atoms with E-state index in [0.29, 0.717) is 38.5 Å². The molecule has 2 N–H and O–H groups in total. The van der Waals surface area contributed by atoms with E-state index in [1.807, 2.05) is 0 Å². The first-order chi connectivity index (χ1) is 17.8. The number of fused-ring (bicyclic) bond motifs is 4. The van der Waals surface area contributed by atoms with Gasteiger partial charge in [-0.3, -0.25) is 14.3 Å². The average Bonchev–Trinajstić information content (AvgIpc) is 2.82. The van der Waals surface area contributed by atoms with Crippen LogP contribution in [0.5, 0.6) is 5.75 Å². The van der Waals surface area contributed by atoms with Gasteiger partial charge in [0.1, 0.15) is 12.4 Å². The standard InChI is InChI=1S/C26H30F5NO6/c27-17-9-16-19(33)11-22(37-21(16)10-18(17)28)20(34)12-24-1-4-25(5-2-24,6-3-24)32-23(35)13-36-14-7-15(8-14)38-26(29,30)31/h9-10,14-15,19,22,33H,1-8,11-13H2,(H,32,35)/t14?,15?,19-,22-,24?,25?/m1/s1. The van der Waals surface area contributed by atoms with E-state index in [4.69, 9.17) is 9.47 Å². The number of carbonyl (C=O) groups excluding carboxylic acids is 2. The number of ketones is 1. The number of aliphatic hydroxyl groups excluding tert-OH is 1. The Kier molecular flexibility index (Phi) is 7.19. The summed E-state index contributed by atoms with van der Waals surface area (Å²) in [6.07, 6.45) is -3.57. The average molecular weight is 548 g/mol. The molecule has 1 amide bonds. The van der Waals surface area contributed by atoms with Crippen LogP contribution in [0.1, 0.15) is 75.9 Å². The van der Waals surface area contributed by atoms with E-state index in [1.54, 1.807) is 0 Å². The van der Waals surface area contributed by atoms with E-state index >= 15 is 0 Å². The molecule has 4 saturated carbocycles. The van der Waals surface area contributed by atoms with Gasteiger partial charge in [-0.1, -0.05) is 0 Å². The van der Waals surface area contributed by atoms with Gasteiger partial charge in [0.2, 0.25) is 5.91 Å². The van der Waals surface area contributed by atoms with Crippen molar-refractivity contribution in [1.29, 1.82) is 0 Å². The fraction of sp³-hybridized carbons (Fsp3) is 0.692. The Morgan fingerprint density at radius 1 is 1.00 bits per heavy atom. The van der Waals surface area contributed by atoms with Gasteiger partial charge in [0.25, 0.3) is 0 Å². The smallest absolute Gasteiger partial charge is 0.482 e. The lowest BCUT2D eigenvalue weighted by molar-refractivity contribution is -0.357. The number of rotatable bonds is 8.